The molecule has 3 aromatic rings. The summed E-state index contributed by atoms with van der Waals surface area (Å²) >= 11 is 24.4. The second-order valence-electron chi connectivity index (χ2n) is 6.08. The van der Waals surface area contributed by atoms with Gasteiger partial charge in [0.05, 0.1) is 5.02 Å². The van der Waals surface area contributed by atoms with Crippen LogP contribution in [-0.4, -0.2) is 23.2 Å². The number of phenolic OH excluding ortho intramolecular Hbond substituents is 2. The molecule has 3 rings (SSSR count). The van der Waals surface area contributed by atoms with Crippen LogP contribution in [0.4, 0.5) is 0 Å². The number of hydrogen-bond acceptors (Lipinski definition) is 4. The van der Waals surface area contributed by atoms with Gasteiger partial charge in [-0.15, -0.1) is 0 Å². The molecule has 3 N–H and O–H groups in total. The fourth-order valence-electron chi connectivity index (χ4n) is 3.25. The predicted molar refractivity (Wildman–Crippen MR) is 114 cm³/mol. The molecule has 0 saturated heterocycles. The highest BCUT2D eigenvalue weighted by molar-refractivity contribution is 7.87. The Labute approximate surface area is 186 Å². The van der Waals surface area contributed by atoms with Gasteiger partial charge in [-0.2, -0.15) is 8.42 Å². The fraction of sp³-hybridized carbons (Fsp3) is 0.0526. The molecule has 0 spiro atoms. The molecule has 29 heavy (non-hydrogen) atoms. The molecule has 1 atom stereocenters. The maximum Gasteiger partial charge on any atom is 0.283 e. The Balaban J connectivity index is 2.68. The molecule has 0 aliphatic carbocycles. The third-order valence-corrected chi connectivity index (χ3v) is 6.86. The molecule has 0 aromatic heterocycles. The molecule has 0 bridgehead atoms. The molecule has 3 aromatic carbocycles. The van der Waals surface area contributed by atoms with E-state index in [4.69, 9.17) is 46.4 Å². The lowest BCUT2D eigenvalue weighted by Gasteiger charge is -2.34. The minimum atomic E-state index is -5.18. The van der Waals surface area contributed by atoms with Gasteiger partial charge in [-0.05, 0) is 42.0 Å². The standard InChI is InChI=1S/C19H12Cl4O5S/c20-11-4-1-3-10(7-11)19(29(26,27)28,17-14(22)5-2-6-16(17)24)13-8-12(21)9-15(23)18(13)25/h1-9,24-25H,(H,26,27,28). The Kier molecular flexibility index (Phi) is 5.98. The number of hydrogen-bond donors (Lipinski definition) is 3. The van der Waals surface area contributed by atoms with Crippen LogP contribution in [0.15, 0.2) is 54.6 Å². The molecule has 152 valence electrons. The van der Waals surface area contributed by atoms with Gasteiger partial charge in [0.2, 0.25) is 0 Å². The van der Waals surface area contributed by atoms with Crippen LogP contribution in [0.5, 0.6) is 11.5 Å². The first-order valence-electron chi connectivity index (χ1n) is 7.89. The zero-order chi connectivity index (χ0) is 21.6. The summed E-state index contributed by atoms with van der Waals surface area (Å²) in [7, 11) is -5.18. The van der Waals surface area contributed by atoms with E-state index in [0.717, 1.165) is 6.07 Å². The second kappa shape index (κ2) is 7.87. The number of aromatic hydroxyl groups is 2. The molecule has 0 aliphatic rings. The first-order valence-corrected chi connectivity index (χ1v) is 10.8. The van der Waals surface area contributed by atoms with Crippen LogP contribution in [0.25, 0.3) is 0 Å². The van der Waals surface area contributed by atoms with Crippen LogP contribution >= 0.6 is 46.4 Å². The summed E-state index contributed by atoms with van der Waals surface area (Å²) in [5.41, 5.74) is -0.923. The lowest BCUT2D eigenvalue weighted by atomic mass is 9.83. The highest BCUT2D eigenvalue weighted by Gasteiger charge is 2.53. The Morgan fingerprint density at radius 1 is 0.793 bits per heavy atom. The summed E-state index contributed by atoms with van der Waals surface area (Å²) in [5.74, 6) is -1.22. The van der Waals surface area contributed by atoms with Crippen molar-refractivity contribution in [2.45, 2.75) is 4.75 Å². The number of benzene rings is 3. The van der Waals surface area contributed by atoms with Gasteiger partial charge in [0.25, 0.3) is 10.1 Å². The van der Waals surface area contributed by atoms with Crippen molar-refractivity contribution in [3.05, 3.63) is 91.4 Å². The van der Waals surface area contributed by atoms with E-state index in [9.17, 15) is 23.2 Å². The van der Waals surface area contributed by atoms with Gasteiger partial charge in [-0.3, -0.25) is 4.55 Å². The molecule has 0 fully saturated rings. The molecule has 0 radical (unpaired) electrons. The Bertz CT molecular complexity index is 1190. The van der Waals surface area contributed by atoms with E-state index in [0.29, 0.717) is 0 Å². The number of rotatable bonds is 4. The van der Waals surface area contributed by atoms with Gasteiger partial charge in [-0.1, -0.05) is 64.6 Å². The van der Waals surface area contributed by atoms with E-state index in [1.165, 1.54) is 48.5 Å². The normalized spacial score (nSPS) is 13.8. The van der Waals surface area contributed by atoms with E-state index < -0.39 is 37.5 Å². The third kappa shape index (κ3) is 3.65. The maximum atomic E-state index is 13.0. The first-order chi connectivity index (χ1) is 13.5. The highest BCUT2D eigenvalue weighted by Crippen LogP contribution is 2.53. The average Bonchev–Trinajstić information content (AvgIpc) is 2.60. The maximum absolute atomic E-state index is 13.0. The molecule has 0 aliphatic heterocycles. The molecule has 0 heterocycles. The summed E-state index contributed by atoms with van der Waals surface area (Å²) in [5, 5.41) is 20.9. The van der Waals surface area contributed by atoms with E-state index in [2.05, 4.69) is 0 Å². The highest BCUT2D eigenvalue weighted by atomic mass is 35.5. The average molecular weight is 494 g/mol. The van der Waals surface area contributed by atoms with E-state index in [-0.39, 0.29) is 25.7 Å². The third-order valence-electron chi connectivity index (χ3n) is 4.37. The SMILES string of the molecule is O=S(=O)(O)C(c1cccc(Cl)c1)(c1cc(Cl)cc(Cl)c1O)c1c(O)cccc1Cl. The minimum Gasteiger partial charge on any atom is -0.508 e. The van der Waals surface area contributed by atoms with Crippen molar-refractivity contribution in [2.75, 3.05) is 0 Å². The van der Waals surface area contributed by atoms with Crippen LogP contribution in [0, 0.1) is 0 Å². The molecule has 1 unspecified atom stereocenters. The van der Waals surface area contributed by atoms with Crippen LogP contribution in [-0.2, 0) is 14.9 Å². The second-order valence-corrected chi connectivity index (χ2v) is 9.33. The fourth-order valence-corrected chi connectivity index (χ4v) is 5.64. The zero-order valence-electron chi connectivity index (χ0n) is 14.3. The quantitative estimate of drug-likeness (QED) is 0.311. The monoisotopic (exact) mass is 492 g/mol. The van der Waals surface area contributed by atoms with Crippen molar-refractivity contribution in [3.63, 3.8) is 0 Å². The molecule has 0 amide bonds. The number of phenols is 2. The van der Waals surface area contributed by atoms with Crippen LogP contribution < -0.4 is 0 Å². The van der Waals surface area contributed by atoms with Crippen LogP contribution in [0.2, 0.25) is 20.1 Å². The minimum absolute atomic E-state index is 0.0237. The number of halogens is 4. The van der Waals surface area contributed by atoms with Gasteiger partial charge in [0.15, 0.2) is 4.75 Å². The lowest BCUT2D eigenvalue weighted by molar-refractivity contribution is 0.428. The summed E-state index contributed by atoms with van der Waals surface area (Å²) in [6, 6.07) is 11.7. The van der Waals surface area contributed by atoms with Crippen molar-refractivity contribution in [1.29, 1.82) is 0 Å². The van der Waals surface area contributed by atoms with E-state index >= 15 is 0 Å². The van der Waals surface area contributed by atoms with Crippen molar-refractivity contribution in [1.82, 2.24) is 0 Å². The topological polar surface area (TPSA) is 94.8 Å². The van der Waals surface area contributed by atoms with E-state index in [1.54, 1.807) is 0 Å². The van der Waals surface area contributed by atoms with Crippen molar-refractivity contribution in [2.24, 2.45) is 0 Å². The summed E-state index contributed by atoms with van der Waals surface area (Å²) in [4.78, 5) is 0. The molecular formula is C19H12Cl4O5S. The van der Waals surface area contributed by atoms with Crippen LogP contribution in [0.1, 0.15) is 16.7 Å². The van der Waals surface area contributed by atoms with Gasteiger partial charge < -0.3 is 10.2 Å². The van der Waals surface area contributed by atoms with Gasteiger partial charge in [0, 0.05) is 26.2 Å². The largest absolute Gasteiger partial charge is 0.508 e. The smallest absolute Gasteiger partial charge is 0.283 e. The molecule has 10 heteroatoms. The van der Waals surface area contributed by atoms with Crippen molar-refractivity contribution >= 4 is 56.5 Å². The Morgan fingerprint density at radius 3 is 2.03 bits per heavy atom. The first kappa shape index (κ1) is 22.0. The zero-order valence-corrected chi connectivity index (χ0v) is 18.1. The van der Waals surface area contributed by atoms with Crippen molar-refractivity contribution in [3.8, 4) is 11.5 Å². The van der Waals surface area contributed by atoms with Gasteiger partial charge in [0.1, 0.15) is 11.5 Å². The van der Waals surface area contributed by atoms with Crippen molar-refractivity contribution < 1.29 is 23.2 Å². The molecule has 0 saturated carbocycles. The lowest BCUT2D eigenvalue weighted by Crippen LogP contribution is -2.38. The summed E-state index contributed by atoms with van der Waals surface area (Å²) in [6.07, 6.45) is 0. The summed E-state index contributed by atoms with van der Waals surface area (Å²) < 4.78 is 33.9. The van der Waals surface area contributed by atoms with Gasteiger partial charge >= 0.3 is 0 Å². The van der Waals surface area contributed by atoms with Crippen LogP contribution in [0.3, 0.4) is 0 Å². The van der Waals surface area contributed by atoms with Gasteiger partial charge in [-0.25, -0.2) is 0 Å². The van der Waals surface area contributed by atoms with E-state index in [1.807, 2.05) is 0 Å². The Morgan fingerprint density at radius 2 is 1.45 bits per heavy atom. The summed E-state index contributed by atoms with van der Waals surface area (Å²) in [6.45, 7) is 0. The predicted octanol–water partition coefficient (Wildman–Crippen LogP) is 5.89. The molecule has 5 nitrogen and oxygen atoms in total. The Hall–Kier alpha value is -1.67. The molecular weight excluding hydrogens is 482 g/mol.